The van der Waals surface area contributed by atoms with Crippen molar-refractivity contribution in [2.24, 2.45) is 0 Å². The van der Waals surface area contributed by atoms with E-state index in [1.165, 1.54) is 16.2 Å². The molecule has 0 amide bonds. The van der Waals surface area contributed by atoms with E-state index in [0.717, 1.165) is 39.1 Å². The van der Waals surface area contributed by atoms with Crippen molar-refractivity contribution >= 4 is 54.5 Å². The minimum atomic E-state index is -0.268. The van der Waals surface area contributed by atoms with E-state index >= 15 is 0 Å². The fourth-order valence-corrected chi connectivity index (χ4v) is 5.57. The molecule has 26 heavy (non-hydrogen) atoms. The zero-order valence-electron chi connectivity index (χ0n) is 14.1. The van der Waals surface area contributed by atoms with Gasteiger partial charge in [0.1, 0.15) is 10.6 Å². The van der Waals surface area contributed by atoms with Gasteiger partial charge in [-0.25, -0.2) is 14.4 Å². The Kier molecular flexibility index (Phi) is 3.88. The summed E-state index contributed by atoms with van der Waals surface area (Å²) in [4.78, 5) is 11.1. The topological polar surface area (TPSA) is 49.8 Å². The summed E-state index contributed by atoms with van der Waals surface area (Å²) in [7, 11) is 0. The summed E-state index contributed by atoms with van der Waals surface area (Å²) in [6, 6.07) is 7.90. The van der Waals surface area contributed by atoms with Crippen molar-refractivity contribution in [2.75, 3.05) is 11.9 Å². The van der Waals surface area contributed by atoms with Crippen molar-refractivity contribution in [1.29, 1.82) is 0 Å². The number of pyridine rings is 1. The average molecular weight is 385 g/mol. The first-order valence-corrected chi connectivity index (χ1v) is 10.3. The van der Waals surface area contributed by atoms with Crippen LogP contribution >= 0.6 is 22.7 Å². The van der Waals surface area contributed by atoms with Crippen LogP contribution in [0.3, 0.4) is 0 Å². The monoisotopic (exact) mass is 384 g/mol. The predicted octanol–water partition coefficient (Wildman–Crippen LogP) is 5.25. The van der Waals surface area contributed by atoms with Crippen LogP contribution in [0.1, 0.15) is 24.1 Å². The Labute approximate surface area is 158 Å². The molecular weight excluding hydrogens is 367 g/mol. The third-order valence-corrected chi connectivity index (χ3v) is 7.00. The minimum Gasteiger partial charge on any atom is -0.352 e. The molecule has 1 saturated heterocycles. The maximum atomic E-state index is 14.5. The highest BCUT2D eigenvalue weighted by atomic mass is 32.1. The van der Waals surface area contributed by atoms with Gasteiger partial charge in [0, 0.05) is 28.4 Å². The van der Waals surface area contributed by atoms with Gasteiger partial charge in [0.2, 0.25) is 0 Å². The van der Waals surface area contributed by atoms with E-state index in [4.69, 9.17) is 0 Å². The Morgan fingerprint density at radius 2 is 2.15 bits per heavy atom. The summed E-state index contributed by atoms with van der Waals surface area (Å²) in [6.45, 7) is 3.28. The molecule has 0 spiro atoms. The van der Waals surface area contributed by atoms with Gasteiger partial charge in [0.25, 0.3) is 0 Å². The van der Waals surface area contributed by atoms with Gasteiger partial charge in [-0.05, 0) is 44.2 Å². The standard InChI is InChI=1S/C19H17FN4S2/c1-10-11(2-4-21-10)17-6-12-14(3-5-22-19(12)26-17)24-15-8-16-18(7-13(15)20)25-9-23-16/h3,5-11,21H,2,4H2,1H3,(H,22,24)/t10-,11+/m1/s1. The molecule has 7 heteroatoms. The Balaban J connectivity index is 1.55. The SMILES string of the molecule is C[C@H]1NCC[C@@H]1c1cc2c(Nc3cc4ncsc4cc3F)ccnc2s1. The Hall–Kier alpha value is -2.09. The quantitative estimate of drug-likeness (QED) is 0.506. The maximum Gasteiger partial charge on any atom is 0.148 e. The van der Waals surface area contributed by atoms with Crippen LogP contribution in [0.5, 0.6) is 0 Å². The Morgan fingerprint density at radius 3 is 3.00 bits per heavy atom. The minimum absolute atomic E-state index is 0.268. The highest BCUT2D eigenvalue weighted by molar-refractivity contribution is 7.18. The molecule has 1 aromatic carbocycles. The first-order valence-electron chi connectivity index (χ1n) is 8.60. The molecule has 4 nitrogen and oxygen atoms in total. The number of fused-ring (bicyclic) bond motifs is 2. The van der Waals surface area contributed by atoms with Gasteiger partial charge in [-0.2, -0.15) is 0 Å². The summed E-state index contributed by atoms with van der Waals surface area (Å²) in [5.41, 5.74) is 3.87. The van der Waals surface area contributed by atoms with Crippen LogP contribution in [0.2, 0.25) is 0 Å². The molecule has 1 aliphatic heterocycles. The number of hydrogen-bond donors (Lipinski definition) is 2. The van der Waals surface area contributed by atoms with Crippen LogP contribution in [-0.4, -0.2) is 22.6 Å². The molecule has 2 N–H and O–H groups in total. The van der Waals surface area contributed by atoms with Gasteiger partial charge >= 0.3 is 0 Å². The number of aromatic nitrogens is 2. The number of nitrogens with zero attached hydrogens (tertiary/aromatic N) is 2. The first-order chi connectivity index (χ1) is 12.7. The second-order valence-electron chi connectivity index (χ2n) is 6.64. The van der Waals surface area contributed by atoms with Crippen molar-refractivity contribution in [3.63, 3.8) is 0 Å². The maximum absolute atomic E-state index is 14.5. The third-order valence-electron chi connectivity index (χ3n) is 5.03. The highest BCUT2D eigenvalue weighted by Gasteiger charge is 2.26. The van der Waals surface area contributed by atoms with E-state index in [1.54, 1.807) is 35.2 Å². The van der Waals surface area contributed by atoms with E-state index in [2.05, 4.69) is 33.6 Å². The van der Waals surface area contributed by atoms with E-state index < -0.39 is 0 Å². The lowest BCUT2D eigenvalue weighted by atomic mass is 10.00. The molecule has 3 aromatic heterocycles. The molecule has 5 rings (SSSR count). The predicted molar refractivity (Wildman–Crippen MR) is 107 cm³/mol. The molecule has 0 saturated carbocycles. The molecule has 0 radical (unpaired) electrons. The summed E-state index contributed by atoms with van der Waals surface area (Å²) in [5, 5.41) is 7.80. The fraction of sp³-hybridized carbons (Fsp3) is 0.263. The summed E-state index contributed by atoms with van der Waals surface area (Å²) in [6.07, 6.45) is 2.92. The number of halogens is 1. The molecular formula is C19H17FN4S2. The number of nitrogens with one attached hydrogen (secondary N) is 2. The van der Waals surface area contributed by atoms with Gasteiger partial charge in [0.15, 0.2) is 0 Å². The zero-order chi connectivity index (χ0) is 17.7. The van der Waals surface area contributed by atoms with Crippen molar-refractivity contribution in [1.82, 2.24) is 15.3 Å². The van der Waals surface area contributed by atoms with Crippen LogP contribution in [-0.2, 0) is 0 Å². The smallest absolute Gasteiger partial charge is 0.148 e. The molecule has 1 aliphatic rings. The van der Waals surface area contributed by atoms with Crippen LogP contribution in [0.4, 0.5) is 15.8 Å². The lowest BCUT2D eigenvalue weighted by Crippen LogP contribution is -2.20. The van der Waals surface area contributed by atoms with Crippen LogP contribution in [0.25, 0.3) is 20.4 Å². The van der Waals surface area contributed by atoms with E-state index in [1.807, 2.05) is 6.07 Å². The normalized spacial score (nSPS) is 20.2. The number of rotatable bonds is 3. The van der Waals surface area contributed by atoms with Gasteiger partial charge in [-0.3, -0.25) is 0 Å². The second kappa shape index (κ2) is 6.26. The van der Waals surface area contributed by atoms with Crippen molar-refractivity contribution in [2.45, 2.75) is 25.3 Å². The first kappa shape index (κ1) is 16.1. The second-order valence-corrected chi connectivity index (χ2v) is 8.59. The molecule has 0 unspecified atom stereocenters. The van der Waals surface area contributed by atoms with E-state index in [9.17, 15) is 4.39 Å². The lowest BCUT2D eigenvalue weighted by Gasteiger charge is -2.12. The largest absolute Gasteiger partial charge is 0.352 e. The molecule has 0 bridgehead atoms. The summed E-state index contributed by atoms with van der Waals surface area (Å²) >= 11 is 3.18. The Bertz CT molecular complexity index is 1100. The molecule has 132 valence electrons. The van der Waals surface area contributed by atoms with Gasteiger partial charge in [-0.15, -0.1) is 22.7 Å². The molecule has 2 atom stereocenters. The Morgan fingerprint density at radius 1 is 1.23 bits per heavy atom. The fourth-order valence-electron chi connectivity index (χ4n) is 3.62. The summed E-state index contributed by atoms with van der Waals surface area (Å²) < 4.78 is 15.3. The van der Waals surface area contributed by atoms with Crippen molar-refractivity contribution < 1.29 is 4.39 Å². The van der Waals surface area contributed by atoms with Crippen LogP contribution < -0.4 is 10.6 Å². The van der Waals surface area contributed by atoms with Gasteiger partial charge < -0.3 is 10.6 Å². The number of thiophene rings is 1. The molecule has 4 heterocycles. The van der Waals surface area contributed by atoms with E-state index in [0.29, 0.717) is 17.6 Å². The van der Waals surface area contributed by atoms with Gasteiger partial charge in [-0.1, -0.05) is 0 Å². The number of hydrogen-bond acceptors (Lipinski definition) is 6. The average Bonchev–Trinajstić information content (AvgIpc) is 3.34. The number of benzene rings is 1. The summed E-state index contributed by atoms with van der Waals surface area (Å²) in [5.74, 6) is 0.251. The van der Waals surface area contributed by atoms with Crippen molar-refractivity contribution in [3.8, 4) is 0 Å². The van der Waals surface area contributed by atoms with E-state index in [-0.39, 0.29) is 5.82 Å². The lowest BCUT2D eigenvalue weighted by molar-refractivity contribution is 0.602. The van der Waals surface area contributed by atoms with Crippen molar-refractivity contribution in [3.05, 3.63) is 46.7 Å². The third kappa shape index (κ3) is 2.67. The van der Waals surface area contributed by atoms with Gasteiger partial charge in [0.05, 0.1) is 27.1 Å². The van der Waals surface area contributed by atoms with Crippen LogP contribution in [0.15, 0.2) is 36.0 Å². The molecule has 0 aliphatic carbocycles. The molecule has 1 fully saturated rings. The highest BCUT2D eigenvalue weighted by Crippen LogP contribution is 2.39. The number of thiazole rings is 1. The number of anilines is 2. The van der Waals surface area contributed by atoms with Crippen LogP contribution in [0, 0.1) is 5.82 Å². The zero-order valence-corrected chi connectivity index (χ0v) is 15.8. The molecule has 4 aromatic rings.